The van der Waals surface area contributed by atoms with Crippen LogP contribution in [0.4, 0.5) is 0 Å². The van der Waals surface area contributed by atoms with E-state index in [1.807, 2.05) is 0 Å². The molecule has 0 bridgehead atoms. The Morgan fingerprint density at radius 2 is 1.79 bits per heavy atom. The van der Waals surface area contributed by atoms with Crippen LogP contribution in [0, 0.1) is 6.92 Å². The first-order chi connectivity index (χ1) is 6.02. The summed E-state index contributed by atoms with van der Waals surface area (Å²) in [6.07, 6.45) is 0. The molecule has 0 aliphatic rings. The molecule has 1 aromatic carbocycles. The van der Waals surface area contributed by atoms with Crippen LogP contribution in [0.25, 0.3) is 0 Å². The number of para-hydroxylation sites is 1. The summed E-state index contributed by atoms with van der Waals surface area (Å²) in [6.45, 7) is 4.86. The standard InChI is InChI=1S/C9H11O3S.Na.H/c1-8(2)13(10,11)12-9-6-4-3-5-7-9;;/h3-8H,1H2,2H3;;. The van der Waals surface area contributed by atoms with Crippen LogP contribution in [-0.4, -0.2) is 43.2 Å². The minimum atomic E-state index is -3.56. The van der Waals surface area contributed by atoms with E-state index < -0.39 is 15.4 Å². The first-order valence-corrected chi connectivity index (χ1v) is 5.31. The van der Waals surface area contributed by atoms with Gasteiger partial charge in [-0.1, -0.05) is 18.2 Å². The number of hydrogen-bond acceptors (Lipinski definition) is 3. The Balaban J connectivity index is 0.00000169. The maximum absolute atomic E-state index is 11.2. The summed E-state index contributed by atoms with van der Waals surface area (Å²) >= 11 is 0. The van der Waals surface area contributed by atoms with Gasteiger partial charge in [0.25, 0.3) is 0 Å². The van der Waals surface area contributed by atoms with Crippen LogP contribution in [-0.2, 0) is 10.1 Å². The van der Waals surface area contributed by atoms with Gasteiger partial charge in [-0.25, -0.2) is 0 Å². The van der Waals surface area contributed by atoms with Crippen molar-refractivity contribution in [2.75, 3.05) is 0 Å². The Kier molecular flexibility index (Phi) is 5.74. The zero-order valence-electron chi connectivity index (χ0n) is 7.30. The van der Waals surface area contributed by atoms with Gasteiger partial charge in [0.2, 0.25) is 0 Å². The van der Waals surface area contributed by atoms with Crippen molar-refractivity contribution in [1.29, 1.82) is 0 Å². The summed E-state index contributed by atoms with van der Waals surface area (Å²) in [4.78, 5) is 0. The number of benzene rings is 1. The van der Waals surface area contributed by atoms with Gasteiger partial charge in [-0.3, -0.25) is 0 Å². The SMILES string of the molecule is [CH2]C(C)S(=O)(=O)Oc1ccccc1.[NaH]. The van der Waals surface area contributed by atoms with E-state index in [1.165, 1.54) is 6.92 Å². The Morgan fingerprint density at radius 1 is 1.29 bits per heavy atom. The molecule has 1 atom stereocenters. The molecule has 0 fully saturated rings. The van der Waals surface area contributed by atoms with Crippen molar-refractivity contribution in [3.8, 4) is 5.75 Å². The van der Waals surface area contributed by atoms with Crippen LogP contribution < -0.4 is 4.18 Å². The number of hydrogen-bond donors (Lipinski definition) is 0. The van der Waals surface area contributed by atoms with Crippen molar-refractivity contribution in [1.82, 2.24) is 0 Å². The van der Waals surface area contributed by atoms with Gasteiger partial charge in [0.1, 0.15) is 5.75 Å². The average molecular weight is 223 g/mol. The number of rotatable bonds is 3. The van der Waals surface area contributed by atoms with Gasteiger partial charge in [0.05, 0.1) is 5.25 Å². The van der Waals surface area contributed by atoms with E-state index in [0.29, 0.717) is 5.75 Å². The van der Waals surface area contributed by atoms with Crippen LogP contribution >= 0.6 is 0 Å². The van der Waals surface area contributed by atoms with E-state index in [0.717, 1.165) is 0 Å². The van der Waals surface area contributed by atoms with Gasteiger partial charge in [0, 0.05) is 0 Å². The Hall–Kier alpha value is -0.0300. The third kappa shape index (κ3) is 4.00. The van der Waals surface area contributed by atoms with Gasteiger partial charge >= 0.3 is 39.7 Å². The minimum absolute atomic E-state index is 0. The zero-order chi connectivity index (χ0) is 9.90. The normalized spacial score (nSPS) is 10.8. The van der Waals surface area contributed by atoms with Crippen LogP contribution in [0.5, 0.6) is 5.75 Å². The molecular formula is C9H12NaO3S. The van der Waals surface area contributed by atoms with Crippen molar-refractivity contribution in [3.63, 3.8) is 0 Å². The van der Waals surface area contributed by atoms with Crippen molar-refractivity contribution in [2.45, 2.75) is 12.2 Å². The summed E-state index contributed by atoms with van der Waals surface area (Å²) in [5.41, 5.74) is 0. The Labute approximate surface area is 107 Å². The third-order valence-corrected chi connectivity index (χ3v) is 2.86. The monoisotopic (exact) mass is 223 g/mol. The van der Waals surface area contributed by atoms with E-state index in [4.69, 9.17) is 4.18 Å². The molecule has 0 amide bonds. The molecule has 0 heterocycles. The summed E-state index contributed by atoms with van der Waals surface area (Å²) in [5.74, 6) is 0.318. The van der Waals surface area contributed by atoms with Crippen LogP contribution in [0.15, 0.2) is 30.3 Å². The van der Waals surface area contributed by atoms with Gasteiger partial charge in [0.15, 0.2) is 0 Å². The predicted octanol–water partition coefficient (Wildman–Crippen LogP) is 0.969. The molecule has 5 heteroatoms. The Morgan fingerprint density at radius 3 is 2.21 bits per heavy atom. The second-order valence-electron chi connectivity index (χ2n) is 2.70. The van der Waals surface area contributed by atoms with Gasteiger partial charge in [-0.2, -0.15) is 8.42 Å². The molecule has 0 aliphatic carbocycles. The van der Waals surface area contributed by atoms with Crippen molar-refractivity contribution >= 4 is 39.7 Å². The maximum atomic E-state index is 11.2. The van der Waals surface area contributed by atoms with Gasteiger partial charge in [-0.15, -0.1) is 0 Å². The zero-order valence-corrected chi connectivity index (χ0v) is 8.12. The van der Waals surface area contributed by atoms with E-state index in [9.17, 15) is 8.42 Å². The average Bonchev–Trinajstić information content (AvgIpc) is 2.05. The van der Waals surface area contributed by atoms with E-state index in [2.05, 4.69) is 6.92 Å². The van der Waals surface area contributed by atoms with E-state index in [1.54, 1.807) is 30.3 Å². The molecule has 73 valence electrons. The van der Waals surface area contributed by atoms with Gasteiger partial charge in [-0.05, 0) is 26.0 Å². The summed E-state index contributed by atoms with van der Waals surface area (Å²) < 4.78 is 27.2. The topological polar surface area (TPSA) is 43.4 Å². The molecule has 1 radical (unpaired) electrons. The molecule has 0 saturated carbocycles. The summed E-state index contributed by atoms with van der Waals surface area (Å²) in [5, 5.41) is -0.771. The second kappa shape index (κ2) is 5.75. The molecule has 0 aliphatic heterocycles. The van der Waals surface area contributed by atoms with Crippen LogP contribution in [0.1, 0.15) is 6.92 Å². The molecule has 1 rings (SSSR count). The van der Waals surface area contributed by atoms with E-state index >= 15 is 0 Å². The molecule has 14 heavy (non-hydrogen) atoms. The molecule has 0 N–H and O–H groups in total. The first kappa shape index (κ1) is 14.0. The quantitative estimate of drug-likeness (QED) is 0.566. The predicted molar refractivity (Wildman–Crippen MR) is 58.0 cm³/mol. The summed E-state index contributed by atoms with van der Waals surface area (Å²) in [6, 6.07) is 8.37. The summed E-state index contributed by atoms with van der Waals surface area (Å²) in [7, 11) is -3.56. The second-order valence-corrected chi connectivity index (χ2v) is 4.66. The van der Waals surface area contributed by atoms with Crippen molar-refractivity contribution in [3.05, 3.63) is 37.3 Å². The third-order valence-electron chi connectivity index (χ3n) is 1.45. The molecule has 0 aromatic heterocycles. The van der Waals surface area contributed by atoms with Crippen molar-refractivity contribution in [2.24, 2.45) is 0 Å². The van der Waals surface area contributed by atoms with E-state index in [-0.39, 0.29) is 29.6 Å². The van der Waals surface area contributed by atoms with Crippen molar-refractivity contribution < 1.29 is 12.6 Å². The molecule has 1 aromatic rings. The Bertz CT molecular complexity index is 359. The fourth-order valence-corrected chi connectivity index (χ4v) is 1.24. The fraction of sp³-hybridized carbons (Fsp3) is 0.222. The van der Waals surface area contributed by atoms with Gasteiger partial charge < -0.3 is 4.18 Å². The molecular weight excluding hydrogens is 211 g/mol. The molecule has 0 saturated heterocycles. The molecule has 3 nitrogen and oxygen atoms in total. The molecule has 0 spiro atoms. The van der Waals surface area contributed by atoms with Crippen LogP contribution in [0.2, 0.25) is 0 Å². The fourth-order valence-electron chi connectivity index (χ4n) is 0.692. The first-order valence-electron chi connectivity index (χ1n) is 3.84. The molecule has 1 unspecified atom stereocenters. The van der Waals surface area contributed by atoms with Crippen LogP contribution in [0.3, 0.4) is 0 Å².